The van der Waals surface area contributed by atoms with Crippen LogP contribution in [0.1, 0.15) is 51.1 Å². The van der Waals surface area contributed by atoms with E-state index in [0.29, 0.717) is 5.19 Å². The van der Waals surface area contributed by atoms with Crippen LogP contribution >= 0.6 is 11.3 Å². The highest BCUT2D eigenvalue weighted by Crippen LogP contribution is 2.52. The molecule has 0 unspecified atom stereocenters. The van der Waals surface area contributed by atoms with Gasteiger partial charge >= 0.3 is 6.09 Å². The number of amides is 1. The Morgan fingerprint density at radius 3 is 2.52 bits per heavy atom. The molecule has 5 nitrogen and oxygen atoms in total. The highest BCUT2D eigenvalue weighted by Gasteiger charge is 2.43. The molecule has 1 saturated carbocycles. The molecule has 1 fully saturated rings. The lowest BCUT2D eigenvalue weighted by molar-refractivity contribution is 0.190. The van der Waals surface area contributed by atoms with E-state index in [4.69, 9.17) is 4.74 Å². The van der Waals surface area contributed by atoms with Gasteiger partial charge in [0.1, 0.15) is 0 Å². The molecule has 0 spiro atoms. The number of carbonyl (C=O) groups excluding carboxylic acids is 1. The van der Waals surface area contributed by atoms with Gasteiger partial charge in [-0.15, -0.1) is 0 Å². The fraction of sp³-hybridized carbons (Fsp3) is 0.733. The maximum atomic E-state index is 11.9. The van der Waals surface area contributed by atoms with Crippen LogP contribution in [0.2, 0.25) is 0 Å². The normalized spacial score (nSPS) is 16.9. The molecule has 0 aromatic carbocycles. The number of carbonyl (C=O) groups is 1. The van der Waals surface area contributed by atoms with E-state index in [1.54, 1.807) is 0 Å². The summed E-state index contributed by atoms with van der Waals surface area (Å²) in [6, 6.07) is 0. The number of hydrogen-bond donors (Lipinski definition) is 1. The van der Waals surface area contributed by atoms with Gasteiger partial charge in [-0.1, -0.05) is 18.3 Å². The Kier molecular flexibility index (Phi) is 4.31. The number of thiazole rings is 1. The van der Waals surface area contributed by atoms with E-state index in [1.165, 1.54) is 29.1 Å². The summed E-state index contributed by atoms with van der Waals surface area (Å²) >= 11 is 1.50. The Balaban J connectivity index is 2.14. The molecule has 1 aliphatic rings. The number of hydrogen-bond acceptors (Lipinski definition) is 5. The first kappa shape index (κ1) is 16.2. The predicted molar refractivity (Wildman–Crippen MR) is 85.0 cm³/mol. The van der Waals surface area contributed by atoms with Crippen LogP contribution in [0.3, 0.4) is 0 Å². The van der Waals surface area contributed by atoms with Gasteiger partial charge < -0.3 is 15.0 Å². The molecule has 0 bridgehead atoms. The average Bonchev–Trinajstić information content (AvgIpc) is 2.88. The van der Waals surface area contributed by atoms with Crippen LogP contribution in [0.4, 0.5) is 4.79 Å². The molecule has 1 aromatic heterocycles. The van der Waals surface area contributed by atoms with Crippen molar-refractivity contribution in [3.8, 4) is 5.19 Å². The molecule has 1 amide bonds. The summed E-state index contributed by atoms with van der Waals surface area (Å²) in [5.41, 5.74) is 0.945. The van der Waals surface area contributed by atoms with E-state index in [-0.39, 0.29) is 11.0 Å². The molecule has 6 heteroatoms. The fourth-order valence-electron chi connectivity index (χ4n) is 2.08. The first-order chi connectivity index (χ1) is 9.59. The van der Waals surface area contributed by atoms with E-state index >= 15 is 0 Å². The van der Waals surface area contributed by atoms with E-state index in [1.807, 2.05) is 34.9 Å². The second-order valence-corrected chi connectivity index (χ2v) is 8.28. The lowest BCUT2D eigenvalue weighted by Crippen LogP contribution is -2.42. The Morgan fingerprint density at radius 1 is 1.43 bits per heavy atom. The molecule has 21 heavy (non-hydrogen) atoms. The van der Waals surface area contributed by atoms with Crippen molar-refractivity contribution in [2.45, 2.75) is 58.0 Å². The van der Waals surface area contributed by atoms with Crippen LogP contribution in [0.15, 0.2) is 0 Å². The van der Waals surface area contributed by atoms with Crippen LogP contribution in [-0.4, -0.2) is 35.6 Å². The predicted octanol–water partition coefficient (Wildman–Crippen LogP) is 3.14. The number of aromatic nitrogens is 1. The van der Waals surface area contributed by atoms with Gasteiger partial charge in [0.2, 0.25) is 0 Å². The molecule has 1 aliphatic carbocycles. The largest absolute Gasteiger partial charge is 0.414 e. The van der Waals surface area contributed by atoms with Gasteiger partial charge in [0, 0.05) is 22.4 Å². The summed E-state index contributed by atoms with van der Waals surface area (Å²) in [6.45, 7) is 8.78. The van der Waals surface area contributed by atoms with Crippen LogP contribution in [0, 0.1) is 0 Å². The third-order valence-electron chi connectivity index (χ3n) is 3.35. The van der Waals surface area contributed by atoms with Crippen molar-refractivity contribution in [1.29, 1.82) is 0 Å². The zero-order chi connectivity index (χ0) is 15.8. The maximum absolute atomic E-state index is 11.9. The molecule has 0 saturated heterocycles. The lowest BCUT2D eigenvalue weighted by Gasteiger charge is -2.19. The molecule has 0 atom stereocenters. The Hall–Kier alpha value is -1.14. The molecular weight excluding hydrogens is 286 g/mol. The van der Waals surface area contributed by atoms with Gasteiger partial charge in [0.25, 0.3) is 5.19 Å². The highest BCUT2D eigenvalue weighted by molar-refractivity contribution is 7.13. The summed E-state index contributed by atoms with van der Waals surface area (Å²) in [4.78, 5) is 19.7. The van der Waals surface area contributed by atoms with Crippen molar-refractivity contribution in [3.05, 3.63) is 10.6 Å². The second-order valence-electron chi connectivity index (χ2n) is 7.32. The average molecular weight is 311 g/mol. The first-order valence-corrected chi connectivity index (χ1v) is 8.06. The van der Waals surface area contributed by atoms with Crippen molar-refractivity contribution >= 4 is 17.4 Å². The lowest BCUT2D eigenvalue weighted by atomic mass is 10.1. The summed E-state index contributed by atoms with van der Waals surface area (Å²) in [5, 5.41) is 3.23. The number of nitrogens with one attached hydrogen (secondary N) is 1. The molecule has 0 radical (unpaired) electrons. The van der Waals surface area contributed by atoms with E-state index < -0.39 is 6.09 Å². The molecule has 1 aromatic rings. The zero-order valence-electron chi connectivity index (χ0n) is 13.7. The minimum absolute atomic E-state index is 0.227. The maximum Gasteiger partial charge on any atom is 0.414 e. The van der Waals surface area contributed by atoms with Crippen molar-refractivity contribution in [2.75, 3.05) is 14.1 Å². The fourth-order valence-corrected chi connectivity index (χ4v) is 3.20. The second kappa shape index (κ2) is 5.57. The number of rotatable bonds is 4. The summed E-state index contributed by atoms with van der Waals surface area (Å²) in [6.07, 6.45) is 1.92. The smallest absolute Gasteiger partial charge is 0.381 e. The Bertz CT molecular complexity index is 528. The van der Waals surface area contributed by atoms with E-state index in [0.717, 1.165) is 12.2 Å². The van der Waals surface area contributed by atoms with Crippen molar-refractivity contribution < 1.29 is 9.53 Å². The van der Waals surface area contributed by atoms with Crippen molar-refractivity contribution in [1.82, 2.24) is 15.2 Å². The van der Waals surface area contributed by atoms with Crippen LogP contribution in [0.25, 0.3) is 0 Å². The minimum atomic E-state index is -0.444. The van der Waals surface area contributed by atoms with Gasteiger partial charge in [-0.3, -0.25) is 0 Å². The minimum Gasteiger partial charge on any atom is -0.381 e. The van der Waals surface area contributed by atoms with Crippen LogP contribution in [-0.2, 0) is 12.0 Å². The molecule has 0 aliphatic heterocycles. The van der Waals surface area contributed by atoms with Crippen LogP contribution < -0.4 is 10.1 Å². The van der Waals surface area contributed by atoms with Crippen LogP contribution in [0.5, 0.6) is 5.19 Å². The van der Waals surface area contributed by atoms with Gasteiger partial charge in [0.05, 0.1) is 5.69 Å². The molecule has 1 N–H and O–H groups in total. The number of nitrogens with zero attached hydrogens (tertiary/aromatic N) is 2. The Labute approximate surface area is 130 Å². The van der Waals surface area contributed by atoms with Crippen molar-refractivity contribution in [3.63, 3.8) is 0 Å². The van der Waals surface area contributed by atoms with Crippen molar-refractivity contribution in [2.24, 2.45) is 0 Å². The molecule has 2 rings (SSSR count). The number of ether oxygens (including phenoxy) is 1. The first-order valence-electron chi connectivity index (χ1n) is 7.24. The molecule has 1 heterocycles. The standard InChI is InChI=1S/C15H25N3O2S/c1-14(2,3)17-12(19)20-13-16-10(9-18(5)6)11(21-13)15(4)7-8-15/h7-9H2,1-6H3,(H,17,19). The topological polar surface area (TPSA) is 54.5 Å². The quantitative estimate of drug-likeness (QED) is 0.928. The third kappa shape index (κ3) is 4.41. The molecular formula is C15H25N3O2S. The zero-order valence-corrected chi connectivity index (χ0v) is 14.6. The highest BCUT2D eigenvalue weighted by atomic mass is 32.1. The molecule has 118 valence electrons. The third-order valence-corrected chi connectivity index (χ3v) is 4.63. The summed E-state index contributed by atoms with van der Waals surface area (Å²) in [5.74, 6) is 0. The Morgan fingerprint density at radius 2 is 2.05 bits per heavy atom. The summed E-state index contributed by atoms with van der Waals surface area (Å²) in [7, 11) is 4.04. The van der Waals surface area contributed by atoms with Gasteiger partial charge in [-0.2, -0.15) is 0 Å². The SMILES string of the molecule is CN(C)Cc1nc(OC(=O)NC(C)(C)C)sc1C1(C)CC1. The van der Waals surface area contributed by atoms with Gasteiger partial charge in [0.15, 0.2) is 0 Å². The van der Waals surface area contributed by atoms with E-state index in [9.17, 15) is 4.79 Å². The monoisotopic (exact) mass is 311 g/mol. The van der Waals surface area contributed by atoms with Gasteiger partial charge in [-0.25, -0.2) is 9.78 Å². The van der Waals surface area contributed by atoms with E-state index in [2.05, 4.69) is 22.1 Å². The summed E-state index contributed by atoms with van der Waals surface area (Å²) < 4.78 is 5.36. The van der Waals surface area contributed by atoms with Gasteiger partial charge in [-0.05, 0) is 47.7 Å².